The number of hydrogen-bond donors (Lipinski definition) is 5. The fourth-order valence-corrected chi connectivity index (χ4v) is 1.08. The lowest BCUT2D eigenvalue weighted by molar-refractivity contribution is -0.485. The summed E-state index contributed by atoms with van der Waals surface area (Å²) in [6.07, 6.45) is -0.443. The Bertz CT molecular complexity index is 169. The van der Waals surface area contributed by atoms with Crippen molar-refractivity contribution < 1.29 is 25.2 Å². The second-order valence-corrected chi connectivity index (χ2v) is 2.94. The van der Waals surface area contributed by atoms with Crippen LogP contribution in [0.1, 0.15) is 12.8 Å². The van der Waals surface area contributed by atoms with Crippen LogP contribution >= 0.6 is 0 Å². The minimum Gasteiger partial charge on any atom is -0.359 e. The molecule has 1 heterocycles. The Morgan fingerprint density at radius 3 is 2.33 bits per heavy atom. The highest BCUT2D eigenvalue weighted by molar-refractivity contribution is 4.82. The van der Waals surface area contributed by atoms with Crippen LogP contribution in [-0.4, -0.2) is 44.8 Å². The van der Waals surface area contributed by atoms with Gasteiger partial charge in [0.15, 0.2) is 0 Å². The molecule has 0 aliphatic carbocycles. The fourth-order valence-electron chi connectivity index (χ4n) is 1.08. The van der Waals surface area contributed by atoms with Crippen LogP contribution < -0.4 is 5.73 Å². The maximum atomic E-state index is 9.01. The molecule has 0 bridgehead atoms. The van der Waals surface area contributed by atoms with Gasteiger partial charge in [0.25, 0.3) is 0 Å². The number of rotatable bonds is 1. The summed E-state index contributed by atoms with van der Waals surface area (Å²) >= 11 is 0. The van der Waals surface area contributed by atoms with Crippen molar-refractivity contribution in [3.05, 3.63) is 0 Å². The monoisotopic (exact) mass is 179 g/mol. The maximum Gasteiger partial charge on any atom is 0.335 e. The first kappa shape index (κ1) is 9.85. The first-order valence-corrected chi connectivity index (χ1v) is 3.66. The van der Waals surface area contributed by atoms with Gasteiger partial charge in [-0.2, -0.15) is 0 Å². The molecular weight excluding hydrogens is 166 g/mol. The molecule has 1 rings (SSSR count). The van der Waals surface area contributed by atoms with Crippen LogP contribution in [0.2, 0.25) is 0 Å². The van der Waals surface area contributed by atoms with Gasteiger partial charge in [-0.3, -0.25) is 0 Å². The van der Waals surface area contributed by atoms with Crippen LogP contribution in [-0.2, 0) is 4.74 Å². The Morgan fingerprint density at radius 2 is 1.92 bits per heavy atom. The Labute approximate surface area is 69.2 Å². The Balaban J connectivity index is 2.68. The van der Waals surface area contributed by atoms with E-state index in [2.05, 4.69) is 4.74 Å². The largest absolute Gasteiger partial charge is 0.359 e. The first-order chi connectivity index (χ1) is 5.39. The quantitative estimate of drug-likeness (QED) is 0.283. The van der Waals surface area contributed by atoms with E-state index in [-0.39, 0.29) is 19.4 Å². The molecule has 1 saturated heterocycles. The summed E-state index contributed by atoms with van der Waals surface area (Å²) in [6, 6.07) is 0. The van der Waals surface area contributed by atoms with E-state index < -0.39 is 17.9 Å². The van der Waals surface area contributed by atoms with Crippen LogP contribution in [0.3, 0.4) is 0 Å². The fraction of sp³-hybridized carbons (Fsp3) is 1.00. The van der Waals surface area contributed by atoms with Gasteiger partial charge in [-0.25, -0.2) is 0 Å². The molecule has 6 nitrogen and oxygen atoms in total. The molecule has 0 aromatic heterocycles. The molecule has 1 aliphatic heterocycles. The van der Waals surface area contributed by atoms with Crippen molar-refractivity contribution in [1.82, 2.24) is 0 Å². The molecule has 0 amide bonds. The molecule has 1 unspecified atom stereocenters. The molecule has 1 fully saturated rings. The molecule has 72 valence electrons. The van der Waals surface area contributed by atoms with Gasteiger partial charge < -0.3 is 30.9 Å². The van der Waals surface area contributed by atoms with Gasteiger partial charge in [0.2, 0.25) is 5.79 Å². The molecule has 0 spiro atoms. The molecule has 0 saturated carbocycles. The predicted octanol–water partition coefficient (Wildman–Crippen LogP) is -2.56. The highest BCUT2D eigenvalue weighted by Crippen LogP contribution is 2.31. The topological polar surface area (TPSA) is 116 Å². The smallest absolute Gasteiger partial charge is 0.335 e. The minimum atomic E-state index is -2.92. The Hall–Kier alpha value is -0.240. The third-order valence-electron chi connectivity index (χ3n) is 1.93. The van der Waals surface area contributed by atoms with Crippen molar-refractivity contribution in [2.24, 2.45) is 5.73 Å². The standard InChI is InChI=1S/C6H13NO5/c7-3-4-1-2-5(8,9)6(10,11)12-4/h4,8-11H,1-3,7H2. The van der Waals surface area contributed by atoms with Crippen molar-refractivity contribution >= 4 is 0 Å². The molecule has 0 aromatic carbocycles. The third-order valence-corrected chi connectivity index (χ3v) is 1.93. The lowest BCUT2D eigenvalue weighted by Gasteiger charge is -2.41. The number of ether oxygens (including phenoxy) is 1. The average molecular weight is 179 g/mol. The average Bonchev–Trinajstić information content (AvgIpc) is 1.95. The summed E-state index contributed by atoms with van der Waals surface area (Å²) in [5, 5.41) is 36.0. The van der Waals surface area contributed by atoms with Gasteiger partial charge in [0.05, 0.1) is 6.10 Å². The van der Waals surface area contributed by atoms with Gasteiger partial charge in [-0.05, 0) is 6.42 Å². The number of aliphatic hydroxyl groups is 4. The van der Waals surface area contributed by atoms with Gasteiger partial charge in [-0.15, -0.1) is 0 Å². The summed E-state index contributed by atoms with van der Waals surface area (Å²) in [7, 11) is 0. The molecule has 12 heavy (non-hydrogen) atoms. The SMILES string of the molecule is NCC1CCC(O)(O)C(O)(O)O1. The minimum absolute atomic E-state index is 0.110. The van der Waals surface area contributed by atoms with E-state index in [0.29, 0.717) is 0 Å². The molecule has 6 heteroatoms. The third kappa shape index (κ3) is 1.58. The number of hydrogen-bond acceptors (Lipinski definition) is 6. The van der Waals surface area contributed by atoms with E-state index in [1.165, 1.54) is 0 Å². The first-order valence-electron chi connectivity index (χ1n) is 3.66. The van der Waals surface area contributed by atoms with Crippen LogP contribution in [0, 0.1) is 0 Å². The highest BCUT2D eigenvalue weighted by atomic mass is 16.8. The second kappa shape index (κ2) is 2.91. The van der Waals surface area contributed by atoms with Crippen molar-refractivity contribution in [1.29, 1.82) is 0 Å². The van der Waals surface area contributed by atoms with Crippen LogP contribution in [0.5, 0.6) is 0 Å². The zero-order chi connectivity index (χ0) is 9.41. The molecule has 1 atom stereocenters. The van der Waals surface area contributed by atoms with Gasteiger partial charge >= 0.3 is 5.97 Å². The van der Waals surface area contributed by atoms with Crippen molar-refractivity contribution in [2.45, 2.75) is 30.7 Å². The molecule has 0 aromatic rings. The van der Waals surface area contributed by atoms with Crippen molar-refractivity contribution in [2.75, 3.05) is 6.54 Å². The summed E-state index contributed by atoms with van der Waals surface area (Å²) in [5.41, 5.74) is 5.20. The van der Waals surface area contributed by atoms with E-state index in [9.17, 15) is 0 Å². The zero-order valence-electron chi connectivity index (χ0n) is 6.47. The predicted molar refractivity (Wildman–Crippen MR) is 37.5 cm³/mol. The summed E-state index contributed by atoms with van der Waals surface area (Å²) < 4.78 is 4.52. The van der Waals surface area contributed by atoms with E-state index >= 15 is 0 Å². The maximum absolute atomic E-state index is 9.01. The number of nitrogens with two attached hydrogens (primary N) is 1. The highest BCUT2D eigenvalue weighted by Gasteiger charge is 2.53. The summed E-state index contributed by atoms with van der Waals surface area (Å²) in [5.74, 6) is -5.53. The van der Waals surface area contributed by atoms with Crippen molar-refractivity contribution in [3.63, 3.8) is 0 Å². The van der Waals surface area contributed by atoms with E-state index in [0.717, 1.165) is 0 Å². The summed E-state index contributed by atoms with van der Waals surface area (Å²) in [6.45, 7) is 0.110. The van der Waals surface area contributed by atoms with Crippen LogP contribution in [0.25, 0.3) is 0 Å². The van der Waals surface area contributed by atoms with Crippen molar-refractivity contribution in [3.8, 4) is 0 Å². The van der Waals surface area contributed by atoms with E-state index in [1.54, 1.807) is 0 Å². The Kier molecular flexibility index (Phi) is 2.39. The molecule has 1 aliphatic rings. The van der Waals surface area contributed by atoms with Crippen LogP contribution in [0.4, 0.5) is 0 Å². The van der Waals surface area contributed by atoms with Gasteiger partial charge in [-0.1, -0.05) is 0 Å². The van der Waals surface area contributed by atoms with Gasteiger partial charge in [0.1, 0.15) is 0 Å². The normalized spacial score (nSPS) is 33.2. The molecular formula is C6H13NO5. The Morgan fingerprint density at radius 1 is 1.33 bits per heavy atom. The molecule has 0 radical (unpaired) electrons. The lowest BCUT2D eigenvalue weighted by atomic mass is 10.0. The summed E-state index contributed by atoms with van der Waals surface area (Å²) in [4.78, 5) is 0. The zero-order valence-corrected chi connectivity index (χ0v) is 6.47. The van der Waals surface area contributed by atoms with E-state index in [1.807, 2.05) is 0 Å². The lowest BCUT2D eigenvalue weighted by Crippen LogP contribution is -2.61. The second-order valence-electron chi connectivity index (χ2n) is 2.94. The van der Waals surface area contributed by atoms with E-state index in [4.69, 9.17) is 26.2 Å². The van der Waals surface area contributed by atoms with Gasteiger partial charge in [0, 0.05) is 13.0 Å². The van der Waals surface area contributed by atoms with Crippen LogP contribution in [0.15, 0.2) is 0 Å². The molecule has 6 N–H and O–H groups in total.